The second kappa shape index (κ2) is 7.54. The molecular weight excluding hydrogens is 435 g/mol. The molecule has 5 atom stereocenters. The van der Waals surface area contributed by atoms with Gasteiger partial charge in [-0.2, -0.15) is 0 Å². The second-order valence-electron chi connectivity index (χ2n) is 6.57. The van der Waals surface area contributed by atoms with E-state index in [0.29, 0.717) is 21.3 Å². The third-order valence-corrected chi connectivity index (χ3v) is 6.68. The van der Waals surface area contributed by atoms with Crippen LogP contribution in [0.3, 0.4) is 0 Å². The van der Waals surface area contributed by atoms with Crippen molar-refractivity contribution in [1.82, 2.24) is 24.5 Å². The van der Waals surface area contributed by atoms with E-state index in [4.69, 9.17) is 24.3 Å². The molecule has 158 valence electrons. The largest absolute Gasteiger partial charge is 0.472 e. The molecule has 1 unspecified atom stereocenters. The van der Waals surface area contributed by atoms with E-state index < -0.39 is 32.4 Å². The van der Waals surface area contributed by atoms with Gasteiger partial charge < -0.3 is 20.1 Å². The van der Waals surface area contributed by atoms with Crippen LogP contribution < -0.4 is 5.73 Å². The maximum absolute atomic E-state index is 11.9. The first kappa shape index (κ1) is 19.8. The van der Waals surface area contributed by atoms with E-state index >= 15 is 0 Å². The van der Waals surface area contributed by atoms with Crippen LogP contribution in [0.1, 0.15) is 6.23 Å². The molecule has 2 fully saturated rings. The molecule has 5 rings (SSSR count). The Hall–Kier alpha value is -2.12. The SMILES string of the molecule is CO[C@@H]1[C@@H]2OP(=O)(O)OC[C@H]2O[C@H]1n1c(Sc2ccccn2)nc2c(N)ncnc21. The fourth-order valence-electron chi connectivity index (χ4n) is 3.49. The van der Waals surface area contributed by atoms with Crippen LogP contribution in [0.25, 0.3) is 11.2 Å². The minimum absolute atomic E-state index is 0.110. The third-order valence-electron chi connectivity index (χ3n) is 4.78. The first-order valence-electron chi connectivity index (χ1n) is 8.88. The van der Waals surface area contributed by atoms with E-state index in [-0.39, 0.29) is 12.4 Å². The Labute approximate surface area is 174 Å². The lowest BCUT2D eigenvalue weighted by Gasteiger charge is -2.29. The number of nitrogen functional groups attached to an aromatic ring is 1. The lowest BCUT2D eigenvalue weighted by Crippen LogP contribution is -2.40. The number of imidazole rings is 1. The Morgan fingerprint density at radius 3 is 3.00 bits per heavy atom. The highest BCUT2D eigenvalue weighted by atomic mass is 32.2. The number of nitrogens with zero attached hydrogens (tertiary/aromatic N) is 5. The molecule has 5 heterocycles. The summed E-state index contributed by atoms with van der Waals surface area (Å²) in [7, 11) is -2.71. The Balaban J connectivity index is 1.61. The summed E-state index contributed by atoms with van der Waals surface area (Å²) in [5.41, 5.74) is 6.84. The number of methoxy groups -OCH3 is 1. The van der Waals surface area contributed by atoms with E-state index in [2.05, 4.69) is 19.9 Å². The third kappa shape index (κ3) is 3.38. The van der Waals surface area contributed by atoms with Gasteiger partial charge in [-0.05, 0) is 23.9 Å². The van der Waals surface area contributed by atoms with Crippen LogP contribution in [0.5, 0.6) is 0 Å². The smallest absolute Gasteiger partial charge is 0.382 e. The van der Waals surface area contributed by atoms with Gasteiger partial charge in [-0.3, -0.25) is 13.6 Å². The molecule has 3 aromatic rings. The van der Waals surface area contributed by atoms with Crippen molar-refractivity contribution in [2.24, 2.45) is 0 Å². The number of rotatable bonds is 4. The van der Waals surface area contributed by atoms with E-state index in [1.54, 1.807) is 10.8 Å². The molecule has 0 radical (unpaired) electrons. The molecule has 0 amide bonds. The van der Waals surface area contributed by atoms with Crippen molar-refractivity contribution in [3.8, 4) is 0 Å². The molecule has 30 heavy (non-hydrogen) atoms. The van der Waals surface area contributed by atoms with Crippen molar-refractivity contribution in [3.05, 3.63) is 30.7 Å². The number of hydrogen-bond donors (Lipinski definition) is 2. The molecule has 3 N–H and O–H groups in total. The van der Waals surface area contributed by atoms with Crippen molar-refractivity contribution in [3.63, 3.8) is 0 Å². The zero-order chi connectivity index (χ0) is 20.9. The van der Waals surface area contributed by atoms with Crippen LogP contribution in [-0.4, -0.2) is 61.4 Å². The molecule has 0 bridgehead atoms. The number of nitrogens with two attached hydrogens (primary N) is 1. The van der Waals surface area contributed by atoms with Gasteiger partial charge in [0.15, 0.2) is 28.4 Å². The van der Waals surface area contributed by atoms with E-state index in [9.17, 15) is 9.46 Å². The Bertz CT molecular complexity index is 1130. The Morgan fingerprint density at radius 1 is 1.37 bits per heavy atom. The number of aromatic nitrogens is 5. The first-order chi connectivity index (χ1) is 14.5. The first-order valence-corrected chi connectivity index (χ1v) is 11.2. The van der Waals surface area contributed by atoms with Crippen LogP contribution in [0.15, 0.2) is 40.9 Å². The van der Waals surface area contributed by atoms with Gasteiger partial charge in [0, 0.05) is 13.3 Å². The van der Waals surface area contributed by atoms with Crippen LogP contribution in [0, 0.1) is 0 Å². The highest BCUT2D eigenvalue weighted by Crippen LogP contribution is 2.53. The number of pyridine rings is 1. The zero-order valence-electron chi connectivity index (χ0n) is 15.6. The predicted octanol–water partition coefficient (Wildman–Crippen LogP) is 1.38. The molecule has 14 heteroatoms. The second-order valence-corrected chi connectivity index (χ2v) is 8.96. The summed E-state index contributed by atoms with van der Waals surface area (Å²) in [6, 6.07) is 5.51. The number of fused-ring (bicyclic) bond motifs is 2. The molecule has 0 saturated carbocycles. The van der Waals surface area contributed by atoms with E-state index in [0.717, 1.165) is 0 Å². The number of ether oxygens (including phenoxy) is 2. The van der Waals surface area contributed by atoms with Gasteiger partial charge in [0.25, 0.3) is 0 Å². The van der Waals surface area contributed by atoms with Gasteiger partial charge in [-0.25, -0.2) is 24.5 Å². The summed E-state index contributed by atoms with van der Waals surface area (Å²) in [6.07, 6.45) is 0.0864. The lowest BCUT2D eigenvalue weighted by molar-refractivity contribution is -0.0690. The Morgan fingerprint density at radius 2 is 2.23 bits per heavy atom. The Kier molecular flexibility index (Phi) is 4.98. The van der Waals surface area contributed by atoms with Gasteiger partial charge >= 0.3 is 7.82 Å². The number of phosphoric acid groups is 1. The predicted molar refractivity (Wildman–Crippen MR) is 103 cm³/mol. The summed E-state index contributed by atoms with van der Waals surface area (Å²) in [5, 5.41) is 1.19. The molecule has 12 nitrogen and oxygen atoms in total. The highest BCUT2D eigenvalue weighted by molar-refractivity contribution is 7.99. The fraction of sp³-hybridized carbons (Fsp3) is 0.375. The van der Waals surface area contributed by atoms with Crippen LogP contribution in [0.2, 0.25) is 0 Å². The average molecular weight is 452 g/mol. The zero-order valence-corrected chi connectivity index (χ0v) is 17.3. The molecule has 0 aliphatic carbocycles. The monoisotopic (exact) mass is 452 g/mol. The molecular formula is C16H17N6O6PS. The maximum atomic E-state index is 11.9. The number of anilines is 1. The molecule has 0 spiro atoms. The summed E-state index contributed by atoms with van der Waals surface area (Å²) < 4.78 is 35.5. The quantitative estimate of drug-likeness (QED) is 0.549. The van der Waals surface area contributed by atoms with Gasteiger partial charge in [0.2, 0.25) is 0 Å². The van der Waals surface area contributed by atoms with Crippen molar-refractivity contribution >= 4 is 36.6 Å². The average Bonchev–Trinajstić information content (AvgIpc) is 3.25. The van der Waals surface area contributed by atoms with Crippen LogP contribution in [-0.2, 0) is 23.1 Å². The van der Waals surface area contributed by atoms with Gasteiger partial charge in [0.1, 0.15) is 29.7 Å². The number of phosphoric ester groups is 1. The summed E-state index contributed by atoms with van der Waals surface area (Å²) in [5.74, 6) is 0.213. The van der Waals surface area contributed by atoms with Crippen molar-refractivity contribution < 1.29 is 28.0 Å². The van der Waals surface area contributed by atoms with Gasteiger partial charge in [-0.1, -0.05) is 6.07 Å². The normalized spacial score (nSPS) is 31.1. The minimum atomic E-state index is -4.18. The molecule has 0 aromatic carbocycles. The van der Waals surface area contributed by atoms with Crippen molar-refractivity contribution in [1.29, 1.82) is 0 Å². The maximum Gasteiger partial charge on any atom is 0.472 e. The lowest BCUT2D eigenvalue weighted by atomic mass is 10.1. The highest BCUT2D eigenvalue weighted by Gasteiger charge is 2.54. The standard InChI is InChI=1S/C16H17N6O6PS/c1-25-12-11-8(6-26-29(23,24)28-11)27-15(12)22-14-10(13(17)19-7-20-14)21-16(22)30-9-4-2-3-5-18-9/h2-5,7-8,11-12,15H,6H2,1H3,(H,23,24)(H2,17,19,20)/t8-,11-,12-,15-/m1/s1. The number of hydrogen-bond acceptors (Lipinski definition) is 11. The van der Waals surface area contributed by atoms with E-state index in [1.807, 2.05) is 18.2 Å². The minimum Gasteiger partial charge on any atom is -0.382 e. The van der Waals surface area contributed by atoms with Gasteiger partial charge in [-0.15, -0.1) is 0 Å². The van der Waals surface area contributed by atoms with Crippen LogP contribution in [0.4, 0.5) is 5.82 Å². The summed E-state index contributed by atoms with van der Waals surface area (Å²) in [6.45, 7) is -0.110. The molecule has 2 aliphatic heterocycles. The molecule has 3 aromatic heterocycles. The van der Waals surface area contributed by atoms with Crippen molar-refractivity contribution in [2.45, 2.75) is 34.7 Å². The van der Waals surface area contributed by atoms with E-state index in [1.165, 1.54) is 25.2 Å². The molecule has 2 aliphatic rings. The summed E-state index contributed by atoms with van der Waals surface area (Å²) in [4.78, 5) is 27.0. The fourth-order valence-corrected chi connectivity index (χ4v) is 5.32. The van der Waals surface area contributed by atoms with Crippen molar-refractivity contribution in [2.75, 3.05) is 19.5 Å². The topological polar surface area (TPSA) is 157 Å². The van der Waals surface area contributed by atoms with Gasteiger partial charge in [0.05, 0.1) is 6.61 Å². The molecule has 2 saturated heterocycles. The van der Waals surface area contributed by atoms with Crippen LogP contribution >= 0.6 is 19.6 Å². The summed E-state index contributed by atoms with van der Waals surface area (Å²) >= 11 is 1.29.